The molecule has 0 fully saturated rings. The van der Waals surface area contributed by atoms with E-state index in [-0.39, 0.29) is 26.9 Å². The van der Waals surface area contributed by atoms with E-state index >= 15 is 0 Å². The Hall–Kier alpha value is -3.58. The maximum atomic E-state index is 12.2. The molecular weight excluding hydrogens is 479 g/mol. The number of hydrogen-bond acceptors (Lipinski definition) is 6. The summed E-state index contributed by atoms with van der Waals surface area (Å²) in [6.07, 6.45) is 0. The fraction of sp³-hybridized carbons (Fsp3) is 0.217. The van der Waals surface area contributed by atoms with Gasteiger partial charge in [0.2, 0.25) is 5.69 Å². The minimum absolute atomic E-state index is 0.0550. The third-order valence-corrected chi connectivity index (χ3v) is 6.34. The third-order valence-electron chi connectivity index (χ3n) is 5.77. The van der Waals surface area contributed by atoms with E-state index in [1.807, 2.05) is 23.2 Å². The van der Waals surface area contributed by atoms with E-state index in [2.05, 4.69) is 29.2 Å². The standard InChI is InChI=1S/C23H18Cl2N6O3/c1-23(2)10-27-9-18-19(23)13-7-12(3-4-16(13)28-18)34-20-14(24)5-11(6-15(20)25)31-22(33)29-21(32)17(8-26)30-31/h3-7,27-28H,9-10H2,1-2H3,(H,29,32,33). The molecule has 0 saturated heterocycles. The highest BCUT2D eigenvalue weighted by molar-refractivity contribution is 6.37. The van der Waals surface area contributed by atoms with E-state index in [0.29, 0.717) is 5.75 Å². The zero-order valence-electron chi connectivity index (χ0n) is 18.1. The number of aromatic nitrogens is 4. The number of fused-ring (bicyclic) bond motifs is 3. The van der Waals surface area contributed by atoms with E-state index in [0.717, 1.165) is 34.4 Å². The van der Waals surface area contributed by atoms with Crippen LogP contribution in [-0.2, 0) is 12.0 Å². The minimum atomic E-state index is -0.873. The van der Waals surface area contributed by atoms with Crippen molar-refractivity contribution in [3.05, 3.63) is 78.2 Å². The number of hydrogen-bond donors (Lipinski definition) is 3. The highest BCUT2D eigenvalue weighted by Crippen LogP contribution is 2.41. The lowest BCUT2D eigenvalue weighted by molar-refractivity contribution is 0.435. The molecule has 0 saturated carbocycles. The van der Waals surface area contributed by atoms with E-state index < -0.39 is 16.9 Å². The monoisotopic (exact) mass is 496 g/mol. The molecule has 0 radical (unpaired) electrons. The van der Waals surface area contributed by atoms with Gasteiger partial charge in [-0.1, -0.05) is 37.0 Å². The van der Waals surface area contributed by atoms with Crippen LogP contribution in [-0.4, -0.2) is 26.3 Å². The Bertz CT molecular complexity index is 1600. The molecule has 0 atom stereocenters. The molecule has 34 heavy (non-hydrogen) atoms. The van der Waals surface area contributed by atoms with E-state index in [9.17, 15) is 9.59 Å². The van der Waals surface area contributed by atoms with Crippen molar-refractivity contribution in [1.82, 2.24) is 25.1 Å². The molecule has 2 aromatic carbocycles. The molecule has 5 rings (SSSR count). The lowest BCUT2D eigenvalue weighted by atomic mass is 9.80. The summed E-state index contributed by atoms with van der Waals surface area (Å²) < 4.78 is 6.89. The van der Waals surface area contributed by atoms with Crippen LogP contribution in [0.5, 0.6) is 11.5 Å². The van der Waals surface area contributed by atoms with Gasteiger partial charge in [-0.05, 0) is 35.9 Å². The predicted molar refractivity (Wildman–Crippen MR) is 128 cm³/mol. The summed E-state index contributed by atoms with van der Waals surface area (Å²) >= 11 is 12.9. The molecule has 9 nitrogen and oxygen atoms in total. The van der Waals surface area contributed by atoms with Crippen LogP contribution < -0.4 is 21.3 Å². The van der Waals surface area contributed by atoms with Gasteiger partial charge >= 0.3 is 5.69 Å². The molecule has 4 aromatic rings. The molecule has 0 unspecified atom stereocenters. The Morgan fingerprint density at radius 2 is 1.88 bits per heavy atom. The smallest absolute Gasteiger partial charge is 0.349 e. The number of nitrogens with zero attached hydrogens (tertiary/aromatic N) is 3. The number of benzene rings is 2. The quantitative estimate of drug-likeness (QED) is 0.396. The van der Waals surface area contributed by atoms with E-state index in [1.54, 1.807) is 6.07 Å². The van der Waals surface area contributed by atoms with E-state index in [1.165, 1.54) is 17.7 Å². The summed E-state index contributed by atoms with van der Waals surface area (Å²) in [4.78, 5) is 29.3. The van der Waals surface area contributed by atoms with Crippen molar-refractivity contribution in [2.75, 3.05) is 6.54 Å². The van der Waals surface area contributed by atoms with Crippen molar-refractivity contribution >= 4 is 34.1 Å². The highest BCUT2D eigenvalue weighted by atomic mass is 35.5. The molecular formula is C23H18Cl2N6O3. The van der Waals surface area contributed by atoms with Crippen LogP contribution in [0, 0.1) is 11.3 Å². The molecule has 172 valence electrons. The fourth-order valence-electron chi connectivity index (χ4n) is 4.32. The maximum absolute atomic E-state index is 12.2. The molecule has 0 amide bonds. The topological polar surface area (TPSA) is 129 Å². The molecule has 0 spiro atoms. The van der Waals surface area contributed by atoms with Crippen LogP contribution in [0.1, 0.15) is 30.8 Å². The van der Waals surface area contributed by atoms with Crippen LogP contribution in [0.2, 0.25) is 10.0 Å². The lowest BCUT2D eigenvalue weighted by Gasteiger charge is -2.31. The first-order valence-electron chi connectivity index (χ1n) is 10.3. The van der Waals surface area contributed by atoms with Gasteiger partial charge in [0.25, 0.3) is 5.56 Å². The number of nitrogens with one attached hydrogen (secondary N) is 3. The first-order chi connectivity index (χ1) is 16.2. The number of aromatic amines is 2. The van der Waals surface area contributed by atoms with Crippen LogP contribution in [0.15, 0.2) is 39.9 Å². The Kier molecular flexibility index (Phi) is 5.24. The average Bonchev–Trinajstić information content (AvgIpc) is 3.15. The minimum Gasteiger partial charge on any atom is -0.454 e. The summed E-state index contributed by atoms with van der Waals surface area (Å²) in [5.41, 5.74) is 1.36. The summed E-state index contributed by atoms with van der Waals surface area (Å²) in [6, 6.07) is 10.2. The molecule has 3 heterocycles. The van der Waals surface area contributed by atoms with E-state index in [4.69, 9.17) is 33.2 Å². The van der Waals surface area contributed by atoms with Gasteiger partial charge in [0.1, 0.15) is 11.8 Å². The van der Waals surface area contributed by atoms with Crippen LogP contribution in [0.25, 0.3) is 16.6 Å². The van der Waals surface area contributed by atoms with Crippen LogP contribution >= 0.6 is 23.2 Å². The Balaban J connectivity index is 1.55. The number of halogens is 2. The number of H-pyrrole nitrogens is 2. The Labute approximate surface area is 202 Å². The van der Waals surface area contributed by atoms with Crippen molar-refractivity contribution in [3.8, 4) is 23.3 Å². The number of rotatable bonds is 3. The van der Waals surface area contributed by atoms with Gasteiger partial charge < -0.3 is 15.0 Å². The molecule has 1 aliphatic rings. The van der Waals surface area contributed by atoms with Gasteiger partial charge in [-0.2, -0.15) is 9.94 Å². The molecule has 2 aromatic heterocycles. The Morgan fingerprint density at radius 3 is 2.59 bits per heavy atom. The van der Waals surface area contributed by atoms with Gasteiger partial charge in [-0.25, -0.2) is 4.79 Å². The zero-order valence-corrected chi connectivity index (χ0v) is 19.6. The largest absolute Gasteiger partial charge is 0.454 e. The number of ether oxygens (including phenoxy) is 1. The normalized spacial score (nSPS) is 14.6. The average molecular weight is 497 g/mol. The van der Waals surface area contributed by atoms with Gasteiger partial charge in [0, 0.05) is 35.1 Å². The molecule has 0 aliphatic carbocycles. The van der Waals surface area contributed by atoms with Crippen molar-refractivity contribution in [2.24, 2.45) is 0 Å². The van der Waals surface area contributed by atoms with Gasteiger partial charge in [-0.15, -0.1) is 5.10 Å². The first kappa shape index (κ1) is 22.2. The first-order valence-corrected chi connectivity index (χ1v) is 11.1. The summed E-state index contributed by atoms with van der Waals surface area (Å²) in [5.74, 6) is 0.751. The second-order valence-electron chi connectivity index (χ2n) is 8.65. The second kappa shape index (κ2) is 8.02. The molecule has 1 aliphatic heterocycles. The number of nitriles is 1. The van der Waals surface area contributed by atoms with Crippen molar-refractivity contribution in [3.63, 3.8) is 0 Å². The zero-order chi connectivity index (χ0) is 24.2. The van der Waals surface area contributed by atoms with Gasteiger partial charge in [0.15, 0.2) is 5.75 Å². The molecule has 0 bridgehead atoms. The SMILES string of the molecule is CC1(C)CNCc2[nH]c3ccc(Oc4c(Cl)cc(-n5nc(C#N)c(=O)[nH]c5=O)cc4Cl)cc3c21. The third kappa shape index (κ3) is 3.66. The van der Waals surface area contributed by atoms with Gasteiger partial charge in [-0.3, -0.25) is 9.78 Å². The van der Waals surface area contributed by atoms with Crippen molar-refractivity contribution < 1.29 is 4.74 Å². The highest BCUT2D eigenvalue weighted by Gasteiger charge is 2.31. The molecule has 11 heteroatoms. The summed E-state index contributed by atoms with van der Waals surface area (Å²) in [7, 11) is 0. The van der Waals surface area contributed by atoms with Crippen molar-refractivity contribution in [1.29, 1.82) is 5.26 Å². The summed E-state index contributed by atoms with van der Waals surface area (Å²) in [6.45, 7) is 6.02. The summed E-state index contributed by atoms with van der Waals surface area (Å²) in [5, 5.41) is 17.6. The van der Waals surface area contributed by atoms with Crippen LogP contribution in [0.4, 0.5) is 0 Å². The lowest BCUT2D eigenvalue weighted by Crippen LogP contribution is -2.38. The second-order valence-corrected chi connectivity index (χ2v) is 9.46. The fourth-order valence-corrected chi connectivity index (χ4v) is 4.87. The Morgan fingerprint density at radius 1 is 1.15 bits per heavy atom. The van der Waals surface area contributed by atoms with Gasteiger partial charge in [0.05, 0.1) is 15.7 Å². The maximum Gasteiger partial charge on any atom is 0.349 e. The van der Waals surface area contributed by atoms with Crippen LogP contribution in [0.3, 0.4) is 0 Å². The van der Waals surface area contributed by atoms with Crippen molar-refractivity contribution in [2.45, 2.75) is 25.8 Å². The molecule has 3 N–H and O–H groups in total. The predicted octanol–water partition coefficient (Wildman–Crippen LogP) is 3.75.